The Bertz CT molecular complexity index is 453. The summed E-state index contributed by atoms with van der Waals surface area (Å²) in [6.07, 6.45) is 2.54. The molecule has 1 aliphatic rings. The molecule has 0 unspecified atom stereocenters. The number of hydrogen-bond donors (Lipinski definition) is 2. The second-order valence-electron chi connectivity index (χ2n) is 5.59. The zero-order valence-corrected chi connectivity index (χ0v) is 12.0. The first-order valence-electron chi connectivity index (χ1n) is 7.19. The fourth-order valence-electron chi connectivity index (χ4n) is 2.57. The van der Waals surface area contributed by atoms with Crippen LogP contribution in [0.15, 0.2) is 24.3 Å². The summed E-state index contributed by atoms with van der Waals surface area (Å²) >= 11 is 0. The van der Waals surface area contributed by atoms with E-state index in [0.717, 1.165) is 6.42 Å². The lowest BCUT2D eigenvalue weighted by Crippen LogP contribution is -2.54. The van der Waals surface area contributed by atoms with Gasteiger partial charge in [-0.25, -0.2) is 0 Å². The molecule has 2 N–H and O–H groups in total. The van der Waals surface area contributed by atoms with Crippen LogP contribution in [0.2, 0.25) is 0 Å². The third kappa shape index (κ3) is 4.05. The smallest absolute Gasteiger partial charge is 0.220 e. The number of aliphatic hydroxyl groups is 1. The van der Waals surface area contributed by atoms with Crippen molar-refractivity contribution in [1.82, 2.24) is 5.32 Å². The van der Waals surface area contributed by atoms with E-state index in [1.165, 1.54) is 11.1 Å². The number of amides is 1. The first kappa shape index (κ1) is 15.0. The molecule has 0 aliphatic carbocycles. The number of carbonyl (C=O) groups is 1. The molecular formula is C16H23NO3. The molecule has 0 bridgehead atoms. The third-order valence-electron chi connectivity index (χ3n) is 3.88. The molecule has 4 nitrogen and oxygen atoms in total. The van der Waals surface area contributed by atoms with E-state index in [2.05, 4.69) is 11.4 Å². The molecule has 4 heteroatoms. The number of benzene rings is 1. The Morgan fingerprint density at radius 2 is 2.15 bits per heavy atom. The van der Waals surface area contributed by atoms with Gasteiger partial charge in [0.1, 0.15) is 0 Å². The Labute approximate surface area is 120 Å². The first-order chi connectivity index (χ1) is 9.63. The van der Waals surface area contributed by atoms with Gasteiger partial charge in [-0.1, -0.05) is 29.8 Å². The van der Waals surface area contributed by atoms with E-state index in [1.54, 1.807) is 0 Å². The van der Waals surface area contributed by atoms with Crippen LogP contribution in [0.3, 0.4) is 0 Å². The average Bonchev–Trinajstić information content (AvgIpc) is 2.46. The minimum absolute atomic E-state index is 0.00227. The lowest BCUT2D eigenvalue weighted by Gasteiger charge is -2.36. The molecule has 1 aliphatic heterocycles. The Kier molecular flexibility index (Phi) is 5.15. The van der Waals surface area contributed by atoms with Crippen LogP contribution in [0.25, 0.3) is 0 Å². The number of hydrogen-bond acceptors (Lipinski definition) is 3. The van der Waals surface area contributed by atoms with Crippen LogP contribution in [0.1, 0.15) is 30.4 Å². The quantitative estimate of drug-likeness (QED) is 0.859. The van der Waals surface area contributed by atoms with Gasteiger partial charge in [-0.2, -0.15) is 0 Å². The largest absolute Gasteiger partial charge is 0.394 e. The molecule has 0 atom stereocenters. The van der Waals surface area contributed by atoms with E-state index in [9.17, 15) is 9.90 Å². The van der Waals surface area contributed by atoms with Crippen molar-refractivity contribution in [3.05, 3.63) is 35.4 Å². The molecule has 1 amide bonds. The van der Waals surface area contributed by atoms with Crippen molar-refractivity contribution in [2.75, 3.05) is 19.8 Å². The Hall–Kier alpha value is -1.39. The van der Waals surface area contributed by atoms with Gasteiger partial charge in [0.05, 0.1) is 12.1 Å². The van der Waals surface area contributed by atoms with Crippen molar-refractivity contribution in [3.63, 3.8) is 0 Å². The Balaban J connectivity index is 1.85. The molecule has 0 saturated carbocycles. The predicted octanol–water partition coefficient (Wildman–Crippen LogP) is 1.59. The maximum absolute atomic E-state index is 12.1. The van der Waals surface area contributed by atoms with Crippen molar-refractivity contribution < 1.29 is 14.6 Å². The lowest BCUT2D eigenvalue weighted by molar-refractivity contribution is -0.125. The Morgan fingerprint density at radius 3 is 2.80 bits per heavy atom. The first-order valence-corrected chi connectivity index (χ1v) is 7.19. The predicted molar refractivity (Wildman–Crippen MR) is 77.5 cm³/mol. The molecule has 20 heavy (non-hydrogen) atoms. The van der Waals surface area contributed by atoms with E-state index >= 15 is 0 Å². The van der Waals surface area contributed by atoms with Crippen molar-refractivity contribution in [2.45, 2.75) is 38.1 Å². The molecule has 1 aromatic carbocycles. The maximum atomic E-state index is 12.1. The average molecular weight is 277 g/mol. The monoisotopic (exact) mass is 277 g/mol. The highest BCUT2D eigenvalue weighted by Gasteiger charge is 2.33. The standard InChI is InChI=1S/C16H23NO3/c1-13-3-2-4-14(11-13)5-6-15(19)17-16(12-18)7-9-20-10-8-16/h2-4,11,18H,5-10,12H2,1H3,(H,17,19). The third-order valence-corrected chi connectivity index (χ3v) is 3.88. The fraction of sp³-hybridized carbons (Fsp3) is 0.562. The van der Waals surface area contributed by atoms with Crippen molar-refractivity contribution in [3.8, 4) is 0 Å². The summed E-state index contributed by atoms with van der Waals surface area (Å²) in [5.74, 6) is 0.00227. The van der Waals surface area contributed by atoms with Crippen molar-refractivity contribution in [2.24, 2.45) is 0 Å². The van der Waals surface area contributed by atoms with Crippen LogP contribution in [-0.2, 0) is 16.0 Å². The van der Waals surface area contributed by atoms with E-state index in [4.69, 9.17) is 4.74 Å². The minimum Gasteiger partial charge on any atom is -0.394 e. The van der Waals surface area contributed by atoms with Gasteiger partial charge in [0.15, 0.2) is 0 Å². The molecule has 0 radical (unpaired) electrons. The summed E-state index contributed by atoms with van der Waals surface area (Å²) in [6.45, 7) is 3.22. The summed E-state index contributed by atoms with van der Waals surface area (Å²) in [5.41, 5.74) is 1.89. The van der Waals surface area contributed by atoms with Gasteiger partial charge in [0.2, 0.25) is 5.91 Å². The molecule has 110 valence electrons. The molecule has 0 spiro atoms. The van der Waals surface area contributed by atoms with Gasteiger partial charge in [0, 0.05) is 19.6 Å². The molecule has 1 aromatic rings. The normalized spacial score (nSPS) is 17.7. The lowest BCUT2D eigenvalue weighted by atomic mass is 9.90. The summed E-state index contributed by atoms with van der Waals surface area (Å²) in [7, 11) is 0. The fourth-order valence-corrected chi connectivity index (χ4v) is 2.57. The van der Waals surface area contributed by atoms with E-state index in [1.807, 2.05) is 25.1 Å². The highest BCUT2D eigenvalue weighted by Crippen LogP contribution is 2.20. The summed E-state index contributed by atoms with van der Waals surface area (Å²) < 4.78 is 5.29. The molecule has 1 heterocycles. The molecule has 1 fully saturated rings. The van der Waals surface area contributed by atoms with Crippen LogP contribution in [0.5, 0.6) is 0 Å². The van der Waals surface area contributed by atoms with E-state index in [-0.39, 0.29) is 12.5 Å². The van der Waals surface area contributed by atoms with Crippen LogP contribution in [0, 0.1) is 6.92 Å². The highest BCUT2D eigenvalue weighted by atomic mass is 16.5. The summed E-state index contributed by atoms with van der Waals surface area (Å²) in [4.78, 5) is 12.1. The summed E-state index contributed by atoms with van der Waals surface area (Å²) in [6, 6.07) is 8.20. The highest BCUT2D eigenvalue weighted by molar-refractivity contribution is 5.77. The van der Waals surface area contributed by atoms with Gasteiger partial charge >= 0.3 is 0 Å². The van der Waals surface area contributed by atoms with Gasteiger partial charge in [-0.05, 0) is 31.7 Å². The molecule has 2 rings (SSSR count). The number of nitrogens with one attached hydrogen (secondary N) is 1. The molecule has 1 saturated heterocycles. The van der Waals surface area contributed by atoms with Gasteiger partial charge < -0.3 is 15.2 Å². The van der Waals surface area contributed by atoms with Crippen LogP contribution >= 0.6 is 0 Å². The summed E-state index contributed by atoms with van der Waals surface area (Å²) in [5, 5.41) is 12.5. The van der Waals surface area contributed by atoms with Gasteiger partial charge in [0.25, 0.3) is 0 Å². The maximum Gasteiger partial charge on any atom is 0.220 e. The number of carbonyl (C=O) groups excluding carboxylic acids is 1. The molecular weight excluding hydrogens is 254 g/mol. The van der Waals surface area contributed by atoms with Gasteiger partial charge in [-0.15, -0.1) is 0 Å². The van der Waals surface area contributed by atoms with Crippen LogP contribution < -0.4 is 5.32 Å². The Morgan fingerprint density at radius 1 is 1.40 bits per heavy atom. The van der Waals surface area contributed by atoms with Crippen molar-refractivity contribution in [1.29, 1.82) is 0 Å². The van der Waals surface area contributed by atoms with E-state index in [0.29, 0.717) is 32.5 Å². The second-order valence-corrected chi connectivity index (χ2v) is 5.59. The van der Waals surface area contributed by atoms with Gasteiger partial charge in [-0.3, -0.25) is 4.79 Å². The second kappa shape index (κ2) is 6.86. The topological polar surface area (TPSA) is 58.6 Å². The number of rotatable bonds is 5. The van der Waals surface area contributed by atoms with Crippen molar-refractivity contribution >= 4 is 5.91 Å². The number of ether oxygens (including phenoxy) is 1. The zero-order valence-electron chi connectivity index (χ0n) is 12.0. The number of aryl methyl sites for hydroxylation is 2. The van der Waals surface area contributed by atoms with Crippen LogP contribution in [-0.4, -0.2) is 36.4 Å². The van der Waals surface area contributed by atoms with E-state index < -0.39 is 5.54 Å². The zero-order chi connectivity index (χ0) is 14.4. The minimum atomic E-state index is -0.484. The SMILES string of the molecule is Cc1cccc(CCC(=O)NC2(CO)CCOCC2)c1. The van der Waals surface area contributed by atoms with Crippen LogP contribution in [0.4, 0.5) is 0 Å². The number of aliphatic hydroxyl groups excluding tert-OH is 1. The molecule has 0 aromatic heterocycles.